The fourth-order valence-electron chi connectivity index (χ4n) is 10.5. The molecule has 0 saturated heterocycles. The summed E-state index contributed by atoms with van der Waals surface area (Å²) in [4.78, 5) is 12.6. The monoisotopic (exact) mass is 974 g/mol. The third-order valence-corrected chi connectivity index (χ3v) is 15.4. The number of aliphatic hydroxyl groups is 3. The molecule has 3 atom stereocenters. The molecule has 3 unspecified atom stereocenters. The van der Waals surface area contributed by atoms with E-state index in [4.69, 9.17) is 0 Å². The maximum Gasteiger partial charge on any atom is 0.220 e. The standard InChI is InChI=1S/C64H127NO4/c1-3-5-7-9-11-13-15-17-19-21-23-25-27-29-30-31-32-33-34-35-37-39-41-43-45-47-49-51-53-55-57-59-63(68)65-61(60-66)64(69)62(67)58-56-54-52-50-48-46-44-42-40-38-36-28-26-24-22-20-18-16-14-12-10-8-6-4-2/h50,52,61-62,64,66-67,69H,3-49,51,53-60H2,1-2H3,(H,65,68)/b52-50+. The van der Waals surface area contributed by atoms with Gasteiger partial charge < -0.3 is 20.6 Å². The van der Waals surface area contributed by atoms with Crippen molar-refractivity contribution in [3.8, 4) is 0 Å². The van der Waals surface area contributed by atoms with E-state index in [2.05, 4.69) is 31.3 Å². The minimum atomic E-state index is -1.16. The van der Waals surface area contributed by atoms with Gasteiger partial charge in [-0.15, -0.1) is 0 Å². The van der Waals surface area contributed by atoms with Crippen LogP contribution in [-0.4, -0.2) is 46.1 Å². The Balaban J connectivity index is 3.48. The third-order valence-electron chi connectivity index (χ3n) is 15.4. The predicted molar refractivity (Wildman–Crippen MR) is 305 cm³/mol. The molecule has 0 heterocycles. The Hall–Kier alpha value is -0.910. The lowest BCUT2D eigenvalue weighted by Crippen LogP contribution is -2.50. The summed E-state index contributed by atoms with van der Waals surface area (Å²) < 4.78 is 0. The fraction of sp³-hybridized carbons (Fsp3) is 0.953. The first-order valence-corrected chi connectivity index (χ1v) is 32.0. The molecule has 412 valence electrons. The fourth-order valence-corrected chi connectivity index (χ4v) is 10.5. The van der Waals surface area contributed by atoms with Crippen molar-refractivity contribution in [1.82, 2.24) is 5.32 Å². The zero-order valence-corrected chi connectivity index (χ0v) is 47.2. The highest BCUT2D eigenvalue weighted by Gasteiger charge is 2.26. The van der Waals surface area contributed by atoms with Crippen molar-refractivity contribution in [2.45, 2.75) is 385 Å². The van der Waals surface area contributed by atoms with E-state index in [1.807, 2.05) is 0 Å². The molecule has 5 nitrogen and oxygen atoms in total. The molecule has 0 spiro atoms. The zero-order chi connectivity index (χ0) is 50.0. The lowest BCUT2D eigenvalue weighted by molar-refractivity contribution is -0.124. The number of carbonyl (C=O) groups excluding carboxylic acids is 1. The van der Waals surface area contributed by atoms with E-state index < -0.39 is 18.2 Å². The molecule has 69 heavy (non-hydrogen) atoms. The smallest absolute Gasteiger partial charge is 0.220 e. The van der Waals surface area contributed by atoms with Gasteiger partial charge in [0.25, 0.3) is 0 Å². The van der Waals surface area contributed by atoms with Crippen molar-refractivity contribution in [2.24, 2.45) is 0 Å². The highest BCUT2D eigenvalue weighted by molar-refractivity contribution is 5.76. The lowest BCUT2D eigenvalue weighted by atomic mass is 10.0. The summed E-state index contributed by atoms with van der Waals surface area (Å²) in [6, 6.07) is -0.823. The topological polar surface area (TPSA) is 89.8 Å². The Labute approximate surface area is 433 Å². The van der Waals surface area contributed by atoms with Crippen molar-refractivity contribution in [1.29, 1.82) is 0 Å². The number of unbranched alkanes of at least 4 members (excludes halogenated alkanes) is 50. The third kappa shape index (κ3) is 54.7. The van der Waals surface area contributed by atoms with Crippen LogP contribution < -0.4 is 5.32 Å². The van der Waals surface area contributed by atoms with Crippen LogP contribution in [0.2, 0.25) is 0 Å². The molecule has 0 rings (SSSR count). The van der Waals surface area contributed by atoms with E-state index in [0.717, 1.165) is 38.5 Å². The van der Waals surface area contributed by atoms with Gasteiger partial charge >= 0.3 is 0 Å². The van der Waals surface area contributed by atoms with Crippen molar-refractivity contribution >= 4 is 5.91 Å². The van der Waals surface area contributed by atoms with Crippen LogP contribution in [0.3, 0.4) is 0 Å². The van der Waals surface area contributed by atoms with Gasteiger partial charge in [0.2, 0.25) is 5.91 Å². The zero-order valence-electron chi connectivity index (χ0n) is 47.2. The van der Waals surface area contributed by atoms with Crippen molar-refractivity contribution in [3.05, 3.63) is 12.2 Å². The molecule has 0 bridgehead atoms. The van der Waals surface area contributed by atoms with Gasteiger partial charge in [-0.1, -0.05) is 334 Å². The molecule has 0 aliphatic rings. The lowest BCUT2D eigenvalue weighted by Gasteiger charge is -2.26. The molecule has 0 aliphatic heterocycles. The van der Waals surface area contributed by atoms with Gasteiger partial charge in [0.1, 0.15) is 6.10 Å². The summed E-state index contributed by atoms with van der Waals surface area (Å²) in [6.07, 6.45) is 75.5. The average molecular weight is 975 g/mol. The Morgan fingerprint density at radius 3 is 0.841 bits per heavy atom. The van der Waals surface area contributed by atoms with Gasteiger partial charge in [-0.3, -0.25) is 4.79 Å². The van der Waals surface area contributed by atoms with Crippen molar-refractivity contribution in [2.75, 3.05) is 6.61 Å². The van der Waals surface area contributed by atoms with E-state index in [9.17, 15) is 20.1 Å². The van der Waals surface area contributed by atoms with Gasteiger partial charge in [0.15, 0.2) is 0 Å². The van der Waals surface area contributed by atoms with E-state index >= 15 is 0 Å². The minimum absolute atomic E-state index is 0.145. The molecule has 0 fully saturated rings. The number of rotatable bonds is 60. The van der Waals surface area contributed by atoms with E-state index in [-0.39, 0.29) is 12.5 Å². The van der Waals surface area contributed by atoms with Crippen LogP contribution >= 0.6 is 0 Å². The van der Waals surface area contributed by atoms with Crippen LogP contribution in [0.15, 0.2) is 12.2 Å². The number of aliphatic hydroxyl groups excluding tert-OH is 3. The Morgan fingerprint density at radius 1 is 0.348 bits per heavy atom. The summed E-state index contributed by atoms with van der Waals surface area (Å²) >= 11 is 0. The van der Waals surface area contributed by atoms with Gasteiger partial charge in [-0.2, -0.15) is 0 Å². The van der Waals surface area contributed by atoms with Crippen LogP contribution in [0.1, 0.15) is 367 Å². The van der Waals surface area contributed by atoms with E-state index in [1.54, 1.807) is 0 Å². The number of carbonyl (C=O) groups is 1. The molecule has 4 N–H and O–H groups in total. The first-order valence-electron chi connectivity index (χ1n) is 32.0. The molecule has 0 aromatic heterocycles. The summed E-state index contributed by atoms with van der Waals surface area (Å²) in [7, 11) is 0. The molecule has 0 saturated carbocycles. The SMILES string of the molecule is CCCCCCCCCCCCCCCCCCCCC/C=C/CCCC(O)C(O)C(CO)NC(=O)CCCCCCCCCCCCCCCCCCCCCCCCCCCCCCCCC. The second-order valence-corrected chi connectivity index (χ2v) is 22.3. The van der Waals surface area contributed by atoms with E-state index in [0.29, 0.717) is 12.8 Å². The van der Waals surface area contributed by atoms with Gasteiger partial charge in [0, 0.05) is 6.42 Å². The summed E-state index contributed by atoms with van der Waals surface area (Å²) in [6.45, 7) is 4.22. The van der Waals surface area contributed by atoms with Gasteiger partial charge in [-0.25, -0.2) is 0 Å². The Bertz CT molecular complexity index is 987. The number of hydrogen-bond acceptors (Lipinski definition) is 4. The van der Waals surface area contributed by atoms with Crippen LogP contribution in [-0.2, 0) is 4.79 Å². The molecule has 5 heteroatoms. The molecule has 1 amide bonds. The summed E-state index contributed by atoms with van der Waals surface area (Å²) in [5.74, 6) is -0.145. The van der Waals surface area contributed by atoms with Crippen molar-refractivity contribution in [3.63, 3.8) is 0 Å². The second-order valence-electron chi connectivity index (χ2n) is 22.3. The number of amides is 1. The van der Waals surface area contributed by atoms with Crippen LogP contribution in [0.4, 0.5) is 0 Å². The van der Waals surface area contributed by atoms with Crippen LogP contribution in [0, 0.1) is 0 Å². The maximum absolute atomic E-state index is 12.6. The van der Waals surface area contributed by atoms with Gasteiger partial charge in [0.05, 0.1) is 18.8 Å². The molecular weight excluding hydrogens is 847 g/mol. The number of nitrogens with one attached hydrogen (secondary N) is 1. The minimum Gasteiger partial charge on any atom is -0.394 e. The normalized spacial score (nSPS) is 13.2. The highest BCUT2D eigenvalue weighted by Crippen LogP contribution is 2.19. The highest BCUT2D eigenvalue weighted by atomic mass is 16.3. The Morgan fingerprint density at radius 2 is 0.580 bits per heavy atom. The second kappa shape index (κ2) is 59.7. The molecule has 0 aromatic carbocycles. The number of allylic oxidation sites excluding steroid dienone is 2. The maximum atomic E-state index is 12.6. The molecule has 0 aliphatic carbocycles. The van der Waals surface area contributed by atoms with Crippen LogP contribution in [0.5, 0.6) is 0 Å². The quantitative estimate of drug-likeness (QED) is 0.0361. The van der Waals surface area contributed by atoms with Crippen LogP contribution in [0.25, 0.3) is 0 Å². The molecule has 0 radical (unpaired) electrons. The predicted octanol–water partition coefficient (Wildman–Crippen LogP) is 20.2. The average Bonchev–Trinajstić information content (AvgIpc) is 3.35. The largest absolute Gasteiger partial charge is 0.394 e. The first-order chi connectivity index (χ1) is 34.1. The summed E-state index contributed by atoms with van der Waals surface area (Å²) in [5, 5.41) is 33.8. The summed E-state index contributed by atoms with van der Waals surface area (Å²) in [5.41, 5.74) is 0. The van der Waals surface area contributed by atoms with Crippen molar-refractivity contribution < 1.29 is 20.1 Å². The van der Waals surface area contributed by atoms with Gasteiger partial charge in [-0.05, 0) is 38.5 Å². The van der Waals surface area contributed by atoms with E-state index in [1.165, 1.54) is 302 Å². The molecule has 0 aromatic rings. The Kier molecular flexibility index (Phi) is 58.9. The molecular formula is C64H127NO4. The first kappa shape index (κ1) is 68.1. The number of hydrogen-bond donors (Lipinski definition) is 4.